The lowest BCUT2D eigenvalue weighted by molar-refractivity contribution is -0.385. The number of carbonyl (C=O) groups is 2. The number of benzene rings is 1. The summed E-state index contributed by atoms with van der Waals surface area (Å²) in [7, 11) is 0. The number of aryl methyl sites for hydroxylation is 1. The molecule has 25 heavy (non-hydrogen) atoms. The van der Waals surface area contributed by atoms with Crippen LogP contribution in [0, 0.1) is 17.0 Å². The average molecular weight is 344 g/mol. The lowest BCUT2D eigenvalue weighted by Crippen LogP contribution is -2.35. The maximum atomic E-state index is 11.6. The summed E-state index contributed by atoms with van der Waals surface area (Å²) < 4.78 is 1.43. The average Bonchev–Trinajstić information content (AvgIpc) is 2.94. The molecule has 0 atom stereocenters. The fraction of sp³-hybridized carbons (Fsp3) is 0.312. The van der Waals surface area contributed by atoms with E-state index in [-0.39, 0.29) is 23.8 Å². The van der Waals surface area contributed by atoms with Crippen LogP contribution < -0.4 is 0 Å². The van der Waals surface area contributed by atoms with Crippen LogP contribution >= 0.6 is 0 Å². The first kappa shape index (κ1) is 16.6. The first-order chi connectivity index (χ1) is 11.8. The minimum Gasteiger partial charge on any atom is -0.476 e. The molecule has 1 amide bonds. The Morgan fingerprint density at radius 2 is 2.08 bits per heavy atom. The Bertz CT molecular complexity index is 902. The predicted octanol–water partition coefficient (Wildman–Crippen LogP) is 1.69. The Hall–Kier alpha value is -3.23. The molecule has 2 heterocycles. The smallest absolute Gasteiger partial charge is 0.356 e. The van der Waals surface area contributed by atoms with Crippen LogP contribution in [0.5, 0.6) is 0 Å². The van der Waals surface area contributed by atoms with Gasteiger partial charge in [0.2, 0.25) is 5.91 Å². The highest BCUT2D eigenvalue weighted by Gasteiger charge is 2.29. The van der Waals surface area contributed by atoms with Gasteiger partial charge in [-0.15, -0.1) is 0 Å². The highest BCUT2D eigenvalue weighted by atomic mass is 16.6. The largest absolute Gasteiger partial charge is 0.476 e. The van der Waals surface area contributed by atoms with Gasteiger partial charge in [0.15, 0.2) is 5.69 Å². The molecule has 1 aliphatic rings. The van der Waals surface area contributed by atoms with Crippen LogP contribution in [0.25, 0.3) is 5.69 Å². The third-order valence-corrected chi connectivity index (χ3v) is 4.34. The van der Waals surface area contributed by atoms with Crippen LogP contribution in [0.3, 0.4) is 0 Å². The molecule has 1 aromatic carbocycles. The first-order valence-corrected chi connectivity index (χ1v) is 7.64. The molecule has 130 valence electrons. The van der Waals surface area contributed by atoms with Crippen molar-refractivity contribution in [3.8, 4) is 5.69 Å². The number of hydrogen-bond donors (Lipinski definition) is 1. The van der Waals surface area contributed by atoms with E-state index in [2.05, 4.69) is 5.10 Å². The quantitative estimate of drug-likeness (QED) is 0.668. The predicted molar refractivity (Wildman–Crippen MR) is 86.7 cm³/mol. The van der Waals surface area contributed by atoms with Crippen molar-refractivity contribution in [1.82, 2.24) is 14.7 Å². The third-order valence-electron chi connectivity index (χ3n) is 4.34. The zero-order chi connectivity index (χ0) is 18.3. The van der Waals surface area contributed by atoms with E-state index in [1.165, 1.54) is 17.7 Å². The Kier molecular flexibility index (Phi) is 3.99. The van der Waals surface area contributed by atoms with Crippen molar-refractivity contribution in [3.63, 3.8) is 0 Å². The summed E-state index contributed by atoms with van der Waals surface area (Å²) in [6.45, 7) is 3.67. The maximum absolute atomic E-state index is 11.6. The second-order valence-corrected chi connectivity index (χ2v) is 5.91. The number of fused-ring (bicyclic) bond motifs is 1. The number of carboxylic acids is 1. The lowest BCUT2D eigenvalue weighted by atomic mass is 10.0. The summed E-state index contributed by atoms with van der Waals surface area (Å²) in [6.07, 6.45) is 0.427. The fourth-order valence-corrected chi connectivity index (χ4v) is 3.00. The molecule has 3 rings (SSSR count). The minimum atomic E-state index is -1.19. The first-order valence-electron chi connectivity index (χ1n) is 7.64. The minimum absolute atomic E-state index is 0.0557. The Labute approximate surface area is 142 Å². The number of amides is 1. The van der Waals surface area contributed by atoms with Gasteiger partial charge >= 0.3 is 5.97 Å². The molecule has 9 nitrogen and oxygen atoms in total. The van der Waals surface area contributed by atoms with Gasteiger partial charge in [-0.3, -0.25) is 14.9 Å². The van der Waals surface area contributed by atoms with Gasteiger partial charge in [0.1, 0.15) is 0 Å². The van der Waals surface area contributed by atoms with Gasteiger partial charge in [-0.05, 0) is 13.0 Å². The molecule has 0 saturated carbocycles. The van der Waals surface area contributed by atoms with E-state index in [1.807, 2.05) is 0 Å². The van der Waals surface area contributed by atoms with E-state index >= 15 is 0 Å². The summed E-state index contributed by atoms with van der Waals surface area (Å²) in [6, 6.07) is 4.65. The monoisotopic (exact) mass is 344 g/mol. The van der Waals surface area contributed by atoms with Crippen LogP contribution in [-0.2, 0) is 17.8 Å². The van der Waals surface area contributed by atoms with E-state index in [4.69, 9.17) is 0 Å². The molecular weight excluding hydrogens is 328 g/mol. The molecule has 0 aliphatic carbocycles. The van der Waals surface area contributed by atoms with Crippen molar-refractivity contribution < 1.29 is 19.6 Å². The number of rotatable bonds is 3. The number of nitro groups is 1. The summed E-state index contributed by atoms with van der Waals surface area (Å²) in [5, 5.41) is 24.7. The van der Waals surface area contributed by atoms with Crippen LogP contribution in [-0.4, -0.2) is 43.1 Å². The molecule has 0 fully saturated rings. The fourth-order valence-electron chi connectivity index (χ4n) is 3.00. The normalized spacial score (nSPS) is 13.4. The highest BCUT2D eigenvalue weighted by Crippen LogP contribution is 2.28. The summed E-state index contributed by atoms with van der Waals surface area (Å²) >= 11 is 0. The number of carboxylic acid groups (broad SMARTS) is 1. The summed E-state index contributed by atoms with van der Waals surface area (Å²) in [5.41, 5.74) is 1.88. The van der Waals surface area contributed by atoms with E-state index < -0.39 is 10.9 Å². The molecule has 2 aromatic rings. The zero-order valence-electron chi connectivity index (χ0n) is 13.7. The summed E-state index contributed by atoms with van der Waals surface area (Å²) in [4.78, 5) is 35.4. The van der Waals surface area contributed by atoms with E-state index in [9.17, 15) is 24.8 Å². The van der Waals surface area contributed by atoms with Crippen molar-refractivity contribution in [2.24, 2.45) is 0 Å². The topological polar surface area (TPSA) is 119 Å². The Balaban J connectivity index is 2.15. The van der Waals surface area contributed by atoms with Crippen LogP contribution in [0.4, 0.5) is 5.69 Å². The van der Waals surface area contributed by atoms with Crippen molar-refractivity contribution in [2.75, 3.05) is 6.54 Å². The van der Waals surface area contributed by atoms with Gasteiger partial charge in [0.25, 0.3) is 5.69 Å². The lowest BCUT2D eigenvalue weighted by Gasteiger charge is -2.26. The number of hydrogen-bond acceptors (Lipinski definition) is 5. The zero-order valence-corrected chi connectivity index (χ0v) is 13.7. The maximum Gasteiger partial charge on any atom is 0.356 e. The van der Waals surface area contributed by atoms with Gasteiger partial charge in [0.05, 0.1) is 16.3 Å². The second-order valence-electron chi connectivity index (χ2n) is 5.91. The van der Waals surface area contributed by atoms with Crippen molar-refractivity contribution in [2.45, 2.75) is 26.8 Å². The summed E-state index contributed by atoms with van der Waals surface area (Å²) in [5.74, 6) is -1.33. The number of nitro benzene ring substituents is 1. The number of aromatic carboxylic acids is 1. The SMILES string of the molecule is CC(=O)N1CCc2c(c(C(=O)O)nn2-c2ccc(C)c([N+](=O)[O-])c2)C1. The third kappa shape index (κ3) is 2.84. The van der Waals surface area contributed by atoms with E-state index in [1.54, 1.807) is 24.0 Å². The van der Waals surface area contributed by atoms with Crippen molar-refractivity contribution in [1.29, 1.82) is 0 Å². The van der Waals surface area contributed by atoms with Gasteiger partial charge in [-0.1, -0.05) is 6.07 Å². The number of nitrogens with zero attached hydrogens (tertiary/aromatic N) is 4. The van der Waals surface area contributed by atoms with Crippen molar-refractivity contribution >= 4 is 17.6 Å². The highest BCUT2D eigenvalue weighted by molar-refractivity contribution is 5.88. The molecule has 0 saturated heterocycles. The molecular formula is C16H16N4O5. The molecule has 1 aromatic heterocycles. The molecule has 0 unspecified atom stereocenters. The van der Waals surface area contributed by atoms with Crippen LogP contribution in [0.15, 0.2) is 18.2 Å². The van der Waals surface area contributed by atoms with E-state index in [0.29, 0.717) is 35.5 Å². The molecule has 0 bridgehead atoms. The van der Waals surface area contributed by atoms with Gasteiger partial charge in [-0.2, -0.15) is 5.10 Å². The molecule has 9 heteroatoms. The van der Waals surface area contributed by atoms with Crippen LogP contribution in [0.2, 0.25) is 0 Å². The molecule has 1 aliphatic heterocycles. The standard InChI is InChI=1S/C16H16N4O5/c1-9-3-4-11(7-14(9)20(24)25)19-13-5-6-18(10(2)21)8-12(13)15(17-19)16(22)23/h3-4,7H,5-6,8H2,1-2H3,(H,22,23). The Morgan fingerprint density at radius 3 is 2.68 bits per heavy atom. The molecule has 0 radical (unpaired) electrons. The van der Waals surface area contributed by atoms with Gasteiger partial charge in [0, 0.05) is 43.6 Å². The number of carbonyl (C=O) groups excluding carboxylic acids is 1. The molecule has 0 spiro atoms. The van der Waals surface area contributed by atoms with Gasteiger partial charge < -0.3 is 10.0 Å². The molecule has 1 N–H and O–H groups in total. The second kappa shape index (κ2) is 6.00. The van der Waals surface area contributed by atoms with Crippen molar-refractivity contribution in [3.05, 3.63) is 50.8 Å². The van der Waals surface area contributed by atoms with E-state index in [0.717, 1.165) is 0 Å². The van der Waals surface area contributed by atoms with Gasteiger partial charge in [-0.25, -0.2) is 9.48 Å². The Morgan fingerprint density at radius 1 is 1.36 bits per heavy atom. The van der Waals surface area contributed by atoms with Crippen LogP contribution in [0.1, 0.15) is 34.2 Å². The number of aromatic nitrogens is 2.